The molecule has 5 heteroatoms. The number of hydrogen-bond acceptors (Lipinski definition) is 5. The highest BCUT2D eigenvalue weighted by atomic mass is 16.5. The average Bonchev–Trinajstić information content (AvgIpc) is 2.72. The Hall–Kier alpha value is -3.31. The van der Waals surface area contributed by atoms with Crippen molar-refractivity contribution in [3.8, 4) is 0 Å². The molecule has 136 valence electrons. The van der Waals surface area contributed by atoms with Crippen LogP contribution in [0.2, 0.25) is 0 Å². The van der Waals surface area contributed by atoms with E-state index in [0.29, 0.717) is 11.1 Å². The minimum absolute atomic E-state index is 0.223. The number of aliphatic hydroxyl groups is 1. The van der Waals surface area contributed by atoms with Crippen LogP contribution in [0.15, 0.2) is 66.7 Å². The van der Waals surface area contributed by atoms with Crippen LogP contribution in [0.3, 0.4) is 0 Å². The topological polar surface area (TPSA) is 80.7 Å². The van der Waals surface area contributed by atoms with E-state index in [9.17, 15) is 19.5 Å². The molecule has 3 rings (SSSR count). The standard InChI is InChI=1S/C22H18O5/c1-27-22(26)16-11-9-15(10-12-16)21(25)20(24)13-19(23)18-8-4-6-14-5-2-3-7-17(14)18/h2-12,20,24H,13H2,1H3. The minimum atomic E-state index is -1.46. The van der Waals surface area contributed by atoms with Gasteiger partial charge in [-0.05, 0) is 22.9 Å². The predicted octanol–water partition coefficient (Wildman–Crippen LogP) is 3.44. The van der Waals surface area contributed by atoms with Gasteiger partial charge in [0.15, 0.2) is 11.6 Å². The van der Waals surface area contributed by atoms with Crippen molar-refractivity contribution in [3.05, 3.63) is 83.4 Å². The number of rotatable bonds is 6. The molecule has 0 heterocycles. The molecule has 0 fully saturated rings. The molecule has 3 aromatic rings. The van der Waals surface area contributed by atoms with Gasteiger partial charge >= 0.3 is 5.97 Å². The third kappa shape index (κ3) is 3.93. The van der Waals surface area contributed by atoms with Crippen LogP contribution in [0.5, 0.6) is 0 Å². The van der Waals surface area contributed by atoms with Crippen LogP contribution < -0.4 is 0 Å². The van der Waals surface area contributed by atoms with Crippen LogP contribution in [0.4, 0.5) is 0 Å². The first-order chi connectivity index (χ1) is 13.0. The fourth-order valence-corrected chi connectivity index (χ4v) is 2.93. The van der Waals surface area contributed by atoms with Crippen molar-refractivity contribution < 1.29 is 24.2 Å². The van der Waals surface area contributed by atoms with Gasteiger partial charge in [-0.3, -0.25) is 9.59 Å². The summed E-state index contributed by atoms with van der Waals surface area (Å²) in [6.45, 7) is 0. The summed E-state index contributed by atoms with van der Waals surface area (Å²) in [7, 11) is 1.27. The third-order valence-corrected chi connectivity index (χ3v) is 4.36. The van der Waals surface area contributed by atoms with E-state index in [1.807, 2.05) is 30.3 Å². The monoisotopic (exact) mass is 362 g/mol. The second-order valence-corrected chi connectivity index (χ2v) is 6.10. The van der Waals surface area contributed by atoms with Crippen LogP contribution in [-0.4, -0.2) is 35.9 Å². The Morgan fingerprint density at radius 2 is 1.52 bits per heavy atom. The van der Waals surface area contributed by atoms with E-state index >= 15 is 0 Å². The Balaban J connectivity index is 1.76. The summed E-state index contributed by atoms with van der Waals surface area (Å²) in [4.78, 5) is 36.5. The minimum Gasteiger partial charge on any atom is -0.465 e. The Morgan fingerprint density at radius 3 is 2.22 bits per heavy atom. The molecule has 0 amide bonds. The molecule has 0 saturated heterocycles. The van der Waals surface area contributed by atoms with E-state index < -0.39 is 17.9 Å². The van der Waals surface area contributed by atoms with Crippen LogP contribution in [0, 0.1) is 0 Å². The molecule has 1 atom stereocenters. The van der Waals surface area contributed by atoms with Crippen molar-refractivity contribution in [2.75, 3.05) is 7.11 Å². The maximum absolute atomic E-state index is 12.6. The molecule has 5 nitrogen and oxygen atoms in total. The van der Waals surface area contributed by atoms with E-state index in [2.05, 4.69) is 4.74 Å². The smallest absolute Gasteiger partial charge is 0.337 e. The van der Waals surface area contributed by atoms with Gasteiger partial charge in [0.05, 0.1) is 12.7 Å². The van der Waals surface area contributed by atoms with Crippen LogP contribution in [0.1, 0.15) is 37.5 Å². The summed E-state index contributed by atoms with van der Waals surface area (Å²) in [6, 6.07) is 18.6. The molecular formula is C22H18O5. The van der Waals surface area contributed by atoms with Gasteiger partial charge in [0.25, 0.3) is 0 Å². The Labute approximate surface area is 156 Å². The van der Waals surface area contributed by atoms with Crippen molar-refractivity contribution >= 4 is 28.3 Å². The molecule has 1 N–H and O–H groups in total. The lowest BCUT2D eigenvalue weighted by atomic mass is 9.95. The quantitative estimate of drug-likeness (QED) is 0.537. The van der Waals surface area contributed by atoms with Gasteiger partial charge < -0.3 is 9.84 Å². The first-order valence-corrected chi connectivity index (χ1v) is 8.43. The van der Waals surface area contributed by atoms with E-state index in [1.165, 1.54) is 31.4 Å². The second kappa shape index (κ2) is 7.93. The van der Waals surface area contributed by atoms with Crippen molar-refractivity contribution in [1.29, 1.82) is 0 Å². The summed E-state index contributed by atoms with van der Waals surface area (Å²) in [5, 5.41) is 11.9. The zero-order valence-electron chi connectivity index (χ0n) is 14.7. The maximum atomic E-state index is 12.6. The molecule has 0 aliphatic carbocycles. The van der Waals surface area contributed by atoms with Crippen LogP contribution in [0.25, 0.3) is 10.8 Å². The largest absolute Gasteiger partial charge is 0.465 e. The molecule has 0 aliphatic rings. The molecule has 0 aromatic heterocycles. The van der Waals surface area contributed by atoms with E-state index in [4.69, 9.17) is 0 Å². The van der Waals surface area contributed by atoms with Crippen molar-refractivity contribution in [3.63, 3.8) is 0 Å². The van der Waals surface area contributed by atoms with Gasteiger partial charge in [0.2, 0.25) is 0 Å². The van der Waals surface area contributed by atoms with Gasteiger partial charge in [0, 0.05) is 17.5 Å². The number of benzene rings is 3. The van der Waals surface area contributed by atoms with Crippen molar-refractivity contribution in [2.24, 2.45) is 0 Å². The average molecular weight is 362 g/mol. The van der Waals surface area contributed by atoms with Crippen LogP contribution in [-0.2, 0) is 4.74 Å². The fourth-order valence-electron chi connectivity index (χ4n) is 2.93. The molecular weight excluding hydrogens is 344 g/mol. The predicted molar refractivity (Wildman–Crippen MR) is 101 cm³/mol. The third-order valence-electron chi connectivity index (χ3n) is 4.36. The zero-order valence-corrected chi connectivity index (χ0v) is 14.7. The summed E-state index contributed by atoms with van der Waals surface area (Å²) < 4.78 is 4.60. The number of hydrogen-bond donors (Lipinski definition) is 1. The first-order valence-electron chi connectivity index (χ1n) is 8.43. The van der Waals surface area contributed by atoms with Gasteiger partial charge in [-0.1, -0.05) is 54.6 Å². The summed E-state index contributed by atoms with van der Waals surface area (Å²) in [6.07, 6.45) is -1.77. The first kappa shape index (κ1) is 18.5. The number of ether oxygens (including phenoxy) is 1. The van der Waals surface area contributed by atoms with Gasteiger partial charge in [-0.2, -0.15) is 0 Å². The molecule has 0 saturated carbocycles. The van der Waals surface area contributed by atoms with E-state index in [1.54, 1.807) is 12.1 Å². The molecule has 0 radical (unpaired) electrons. The number of esters is 1. The molecule has 0 bridgehead atoms. The van der Waals surface area contributed by atoms with Crippen molar-refractivity contribution in [2.45, 2.75) is 12.5 Å². The van der Waals surface area contributed by atoms with E-state index in [-0.39, 0.29) is 17.8 Å². The maximum Gasteiger partial charge on any atom is 0.337 e. The van der Waals surface area contributed by atoms with Crippen LogP contribution >= 0.6 is 0 Å². The highest BCUT2D eigenvalue weighted by Gasteiger charge is 2.22. The van der Waals surface area contributed by atoms with Crippen molar-refractivity contribution in [1.82, 2.24) is 0 Å². The summed E-state index contributed by atoms with van der Waals surface area (Å²) >= 11 is 0. The lowest BCUT2D eigenvalue weighted by molar-refractivity contribution is 0.0600. The van der Waals surface area contributed by atoms with Gasteiger partial charge in [-0.25, -0.2) is 4.79 Å². The van der Waals surface area contributed by atoms with Gasteiger partial charge in [0.1, 0.15) is 6.10 Å². The summed E-state index contributed by atoms with van der Waals surface area (Å²) in [5.74, 6) is -1.39. The van der Waals surface area contributed by atoms with Gasteiger partial charge in [-0.15, -0.1) is 0 Å². The molecule has 27 heavy (non-hydrogen) atoms. The number of fused-ring (bicyclic) bond motifs is 1. The number of aliphatic hydroxyl groups excluding tert-OH is 1. The highest BCUT2D eigenvalue weighted by Crippen LogP contribution is 2.21. The SMILES string of the molecule is COC(=O)c1ccc(C(=O)C(O)CC(=O)c2cccc3ccccc23)cc1. The molecule has 0 aliphatic heterocycles. The lowest BCUT2D eigenvalue weighted by Gasteiger charge is -2.11. The second-order valence-electron chi connectivity index (χ2n) is 6.10. The number of carbonyl (C=O) groups is 3. The Kier molecular flexibility index (Phi) is 5.43. The normalized spacial score (nSPS) is 11.8. The highest BCUT2D eigenvalue weighted by molar-refractivity contribution is 6.10. The molecule has 0 spiro atoms. The Morgan fingerprint density at radius 1 is 0.889 bits per heavy atom. The fraction of sp³-hybridized carbons (Fsp3) is 0.136. The molecule has 3 aromatic carbocycles. The lowest BCUT2D eigenvalue weighted by Crippen LogP contribution is -2.24. The summed E-state index contributed by atoms with van der Waals surface area (Å²) in [5.41, 5.74) is 0.997. The number of Topliss-reactive ketones (excluding diaryl/α,β-unsaturated/α-hetero) is 2. The van der Waals surface area contributed by atoms with E-state index in [0.717, 1.165) is 10.8 Å². The number of ketones is 2. The number of methoxy groups -OCH3 is 1. The Bertz CT molecular complexity index is 999. The molecule has 1 unspecified atom stereocenters. The zero-order chi connectivity index (χ0) is 19.4. The number of carbonyl (C=O) groups excluding carboxylic acids is 3.